The second kappa shape index (κ2) is 5.93. The number of benzene rings is 1. The van der Waals surface area contributed by atoms with E-state index in [1.807, 2.05) is 24.3 Å². The number of carboxylic acid groups (broad SMARTS) is 1. The van der Waals surface area contributed by atoms with Crippen LogP contribution in [0.4, 0.5) is 5.69 Å². The van der Waals surface area contributed by atoms with Gasteiger partial charge in [-0.2, -0.15) is 0 Å². The van der Waals surface area contributed by atoms with Gasteiger partial charge in [-0.25, -0.2) is 0 Å². The fraction of sp³-hybridized carbons (Fsp3) is 0.500. The normalized spacial score (nSPS) is 16.5. The molecule has 1 aromatic rings. The first-order chi connectivity index (χ1) is 9.13. The van der Waals surface area contributed by atoms with Crippen molar-refractivity contribution < 1.29 is 14.6 Å². The average Bonchev–Trinajstić information content (AvgIpc) is 2.35. The highest BCUT2D eigenvalue weighted by molar-refractivity contribution is 5.70. The van der Waals surface area contributed by atoms with Gasteiger partial charge in [0.15, 0.2) is 0 Å². The van der Waals surface area contributed by atoms with Crippen molar-refractivity contribution in [1.29, 1.82) is 0 Å². The molecule has 1 aromatic carbocycles. The molecular weight excluding hydrogens is 244 g/mol. The van der Waals surface area contributed by atoms with Gasteiger partial charge in [0.1, 0.15) is 5.75 Å². The van der Waals surface area contributed by atoms with Crippen LogP contribution in [0.3, 0.4) is 0 Å². The standard InChI is InChI=1S/C14H20N2O3/c1-2-7-19-12-5-3-11(4-6-12)16-14(8-13(17)18)9-15-10-14/h3-6,15-16H,2,7-10H2,1H3,(H,17,18). The molecule has 1 heterocycles. The molecule has 0 saturated carbocycles. The van der Waals surface area contributed by atoms with E-state index in [9.17, 15) is 4.79 Å². The summed E-state index contributed by atoms with van der Waals surface area (Å²) in [4.78, 5) is 10.9. The average molecular weight is 264 g/mol. The van der Waals surface area contributed by atoms with Crippen LogP contribution in [0.2, 0.25) is 0 Å². The van der Waals surface area contributed by atoms with Crippen molar-refractivity contribution in [2.24, 2.45) is 0 Å². The Labute approximate surface area is 113 Å². The van der Waals surface area contributed by atoms with Gasteiger partial charge in [0.2, 0.25) is 0 Å². The zero-order valence-corrected chi connectivity index (χ0v) is 11.1. The molecule has 0 amide bonds. The summed E-state index contributed by atoms with van der Waals surface area (Å²) in [7, 11) is 0. The Kier molecular flexibility index (Phi) is 4.27. The Balaban J connectivity index is 1.96. The third-order valence-electron chi connectivity index (χ3n) is 3.15. The van der Waals surface area contributed by atoms with E-state index in [0.717, 1.165) is 17.9 Å². The quantitative estimate of drug-likeness (QED) is 0.699. The van der Waals surface area contributed by atoms with E-state index in [-0.39, 0.29) is 12.0 Å². The zero-order valence-electron chi connectivity index (χ0n) is 11.1. The van der Waals surface area contributed by atoms with Gasteiger partial charge in [-0.1, -0.05) is 6.92 Å². The number of rotatable bonds is 7. The maximum absolute atomic E-state index is 10.9. The van der Waals surface area contributed by atoms with Crippen LogP contribution in [0.5, 0.6) is 5.75 Å². The number of hydrogen-bond donors (Lipinski definition) is 3. The summed E-state index contributed by atoms with van der Waals surface area (Å²) in [5.41, 5.74) is 0.559. The van der Waals surface area contributed by atoms with Gasteiger partial charge in [0, 0.05) is 18.8 Å². The Morgan fingerprint density at radius 3 is 2.58 bits per heavy atom. The molecule has 2 rings (SSSR count). The highest BCUT2D eigenvalue weighted by Crippen LogP contribution is 2.24. The molecule has 0 radical (unpaired) electrons. The third kappa shape index (κ3) is 3.61. The van der Waals surface area contributed by atoms with Crippen LogP contribution in [-0.4, -0.2) is 36.3 Å². The molecule has 104 valence electrons. The fourth-order valence-electron chi connectivity index (χ4n) is 2.13. The lowest BCUT2D eigenvalue weighted by Gasteiger charge is -2.43. The first-order valence-electron chi connectivity index (χ1n) is 6.57. The van der Waals surface area contributed by atoms with E-state index in [4.69, 9.17) is 9.84 Å². The molecule has 0 atom stereocenters. The monoisotopic (exact) mass is 264 g/mol. The second-order valence-corrected chi connectivity index (χ2v) is 4.95. The van der Waals surface area contributed by atoms with E-state index in [1.54, 1.807) is 0 Å². The molecule has 19 heavy (non-hydrogen) atoms. The Hall–Kier alpha value is -1.75. The van der Waals surface area contributed by atoms with Crippen molar-refractivity contribution in [2.75, 3.05) is 25.0 Å². The van der Waals surface area contributed by atoms with Crippen molar-refractivity contribution in [2.45, 2.75) is 25.3 Å². The van der Waals surface area contributed by atoms with E-state index in [0.29, 0.717) is 19.7 Å². The highest BCUT2D eigenvalue weighted by atomic mass is 16.5. The van der Waals surface area contributed by atoms with Crippen LogP contribution in [0.25, 0.3) is 0 Å². The lowest BCUT2D eigenvalue weighted by Crippen LogP contribution is -2.65. The number of carboxylic acids is 1. The van der Waals surface area contributed by atoms with Crippen LogP contribution >= 0.6 is 0 Å². The van der Waals surface area contributed by atoms with E-state index in [2.05, 4.69) is 17.6 Å². The molecule has 3 N–H and O–H groups in total. The first-order valence-corrected chi connectivity index (χ1v) is 6.57. The SMILES string of the molecule is CCCOc1ccc(NC2(CC(=O)O)CNC2)cc1. The highest BCUT2D eigenvalue weighted by Gasteiger charge is 2.38. The van der Waals surface area contributed by atoms with Gasteiger partial charge in [-0.3, -0.25) is 4.79 Å². The Bertz CT molecular complexity index is 427. The van der Waals surface area contributed by atoms with Crippen molar-refractivity contribution in [3.05, 3.63) is 24.3 Å². The molecule has 1 aliphatic heterocycles. The molecule has 0 unspecified atom stereocenters. The maximum Gasteiger partial charge on any atom is 0.305 e. The number of carbonyl (C=O) groups is 1. The zero-order chi connectivity index (χ0) is 13.7. The molecular formula is C14H20N2O3. The number of ether oxygens (including phenoxy) is 1. The molecule has 5 heteroatoms. The smallest absolute Gasteiger partial charge is 0.305 e. The molecule has 5 nitrogen and oxygen atoms in total. The summed E-state index contributed by atoms with van der Waals surface area (Å²) in [5.74, 6) is 0.0586. The van der Waals surface area contributed by atoms with Crippen LogP contribution in [-0.2, 0) is 4.79 Å². The van der Waals surface area contributed by atoms with Crippen molar-refractivity contribution in [1.82, 2.24) is 5.32 Å². The van der Waals surface area contributed by atoms with Gasteiger partial charge in [0.05, 0.1) is 18.6 Å². The number of anilines is 1. The summed E-state index contributed by atoms with van der Waals surface area (Å²) in [5, 5.41) is 15.4. The van der Waals surface area contributed by atoms with Crippen molar-refractivity contribution in [3.63, 3.8) is 0 Å². The summed E-state index contributed by atoms with van der Waals surface area (Å²) >= 11 is 0. The molecule has 1 aliphatic rings. The molecule has 1 saturated heterocycles. The lowest BCUT2D eigenvalue weighted by molar-refractivity contribution is -0.138. The van der Waals surface area contributed by atoms with Gasteiger partial charge in [-0.05, 0) is 30.7 Å². The van der Waals surface area contributed by atoms with Gasteiger partial charge < -0.3 is 20.5 Å². The van der Waals surface area contributed by atoms with Crippen LogP contribution in [0, 0.1) is 0 Å². The topological polar surface area (TPSA) is 70.6 Å². The Morgan fingerprint density at radius 1 is 1.42 bits per heavy atom. The van der Waals surface area contributed by atoms with Crippen LogP contribution in [0.1, 0.15) is 19.8 Å². The van der Waals surface area contributed by atoms with Gasteiger partial charge in [-0.15, -0.1) is 0 Å². The first kappa shape index (κ1) is 13.7. The lowest BCUT2D eigenvalue weighted by atomic mass is 9.88. The minimum Gasteiger partial charge on any atom is -0.494 e. The van der Waals surface area contributed by atoms with Gasteiger partial charge >= 0.3 is 5.97 Å². The van der Waals surface area contributed by atoms with Crippen molar-refractivity contribution >= 4 is 11.7 Å². The predicted molar refractivity (Wildman–Crippen MR) is 73.7 cm³/mol. The molecule has 1 fully saturated rings. The largest absolute Gasteiger partial charge is 0.494 e. The number of hydrogen-bond acceptors (Lipinski definition) is 4. The summed E-state index contributed by atoms with van der Waals surface area (Å²) in [6.45, 7) is 4.12. The Morgan fingerprint density at radius 2 is 2.11 bits per heavy atom. The molecule has 0 bridgehead atoms. The van der Waals surface area contributed by atoms with E-state index < -0.39 is 5.97 Å². The van der Waals surface area contributed by atoms with Crippen molar-refractivity contribution in [3.8, 4) is 5.75 Å². The van der Waals surface area contributed by atoms with E-state index in [1.165, 1.54) is 0 Å². The summed E-state index contributed by atoms with van der Waals surface area (Å²) in [6, 6.07) is 7.65. The number of nitrogens with one attached hydrogen (secondary N) is 2. The molecule has 0 aliphatic carbocycles. The number of aliphatic carboxylic acids is 1. The summed E-state index contributed by atoms with van der Waals surface area (Å²) in [6.07, 6.45) is 1.10. The minimum atomic E-state index is -0.781. The van der Waals surface area contributed by atoms with E-state index >= 15 is 0 Å². The molecule has 0 spiro atoms. The fourth-order valence-corrected chi connectivity index (χ4v) is 2.13. The minimum absolute atomic E-state index is 0.119. The predicted octanol–water partition coefficient (Wildman–Crippen LogP) is 1.70. The molecule has 0 aromatic heterocycles. The second-order valence-electron chi connectivity index (χ2n) is 4.95. The third-order valence-corrected chi connectivity index (χ3v) is 3.15. The maximum atomic E-state index is 10.9. The van der Waals surface area contributed by atoms with Gasteiger partial charge in [0.25, 0.3) is 0 Å². The van der Waals surface area contributed by atoms with Crippen LogP contribution < -0.4 is 15.4 Å². The summed E-state index contributed by atoms with van der Waals surface area (Å²) < 4.78 is 5.51. The van der Waals surface area contributed by atoms with Crippen LogP contribution in [0.15, 0.2) is 24.3 Å².